The van der Waals surface area contributed by atoms with E-state index in [9.17, 15) is 23.1 Å². The van der Waals surface area contributed by atoms with Gasteiger partial charge in [0.2, 0.25) is 15.7 Å². The molecule has 0 aliphatic rings. The second-order valence-corrected chi connectivity index (χ2v) is 9.06. The number of hydrogen-bond acceptors (Lipinski definition) is 7. The summed E-state index contributed by atoms with van der Waals surface area (Å²) in [6, 6.07) is 13.2. The van der Waals surface area contributed by atoms with Crippen molar-refractivity contribution < 1.29 is 27.8 Å². The maximum atomic E-state index is 13.0. The Morgan fingerprint density at radius 2 is 1.76 bits per heavy atom. The van der Waals surface area contributed by atoms with Crippen LogP contribution in [0.2, 0.25) is 0 Å². The highest BCUT2D eigenvalue weighted by Crippen LogP contribution is 2.28. The van der Waals surface area contributed by atoms with Crippen molar-refractivity contribution >= 4 is 16.0 Å². The van der Waals surface area contributed by atoms with E-state index in [1.165, 1.54) is 35.8 Å². The van der Waals surface area contributed by atoms with Crippen molar-refractivity contribution in [3.63, 3.8) is 0 Å². The molecule has 0 aliphatic heterocycles. The molecule has 1 heterocycles. The minimum Gasteiger partial charge on any atom is -0.494 e. The third-order valence-electron chi connectivity index (χ3n) is 5.07. The third kappa shape index (κ3) is 5.10. The third-order valence-corrected chi connectivity index (χ3v) is 7.11. The molecule has 0 radical (unpaired) electrons. The predicted octanol–water partition coefficient (Wildman–Crippen LogP) is 2.55. The standard InChI is InChI=1S/C23H25N3O7S/c1-4-25(5-2)34(30,31)17-11-12-19(32-3)18(13-17)26-14-20(22(27)21(24-26)23(28)29)33-15-16-9-7-6-8-10-16/h6-14H,4-5,15H2,1-3H3,(H,28,29). The first-order valence-electron chi connectivity index (χ1n) is 10.5. The molecule has 0 unspecified atom stereocenters. The van der Waals surface area contributed by atoms with Crippen molar-refractivity contribution in [1.29, 1.82) is 0 Å². The van der Waals surface area contributed by atoms with Crippen molar-refractivity contribution in [2.75, 3.05) is 20.2 Å². The van der Waals surface area contributed by atoms with E-state index in [4.69, 9.17) is 9.47 Å². The fourth-order valence-corrected chi connectivity index (χ4v) is 4.77. The van der Waals surface area contributed by atoms with E-state index in [0.29, 0.717) is 0 Å². The summed E-state index contributed by atoms with van der Waals surface area (Å²) in [6.45, 7) is 4.02. The molecule has 2 aromatic carbocycles. The molecule has 0 spiro atoms. The highest BCUT2D eigenvalue weighted by Gasteiger charge is 2.25. The van der Waals surface area contributed by atoms with Gasteiger partial charge in [-0.2, -0.15) is 9.40 Å². The average Bonchev–Trinajstić information content (AvgIpc) is 2.84. The molecule has 0 saturated carbocycles. The molecule has 1 aromatic heterocycles. The number of carbonyl (C=O) groups is 1. The van der Waals surface area contributed by atoms with Gasteiger partial charge in [0.1, 0.15) is 18.0 Å². The summed E-state index contributed by atoms with van der Waals surface area (Å²) in [5.74, 6) is -1.58. The number of ether oxygens (including phenoxy) is 2. The SMILES string of the molecule is CCN(CC)S(=O)(=O)c1ccc(OC)c(-n2cc(OCc3ccccc3)c(=O)c(C(=O)O)n2)c1. The zero-order chi connectivity index (χ0) is 24.9. The van der Waals surface area contributed by atoms with Crippen LogP contribution in [0.1, 0.15) is 29.9 Å². The molecule has 0 atom stereocenters. The van der Waals surface area contributed by atoms with Crippen LogP contribution in [-0.4, -0.2) is 53.8 Å². The Hall–Kier alpha value is -3.70. The first-order valence-corrected chi connectivity index (χ1v) is 11.9. The van der Waals surface area contributed by atoms with Crippen LogP contribution in [0.4, 0.5) is 0 Å². The molecule has 34 heavy (non-hydrogen) atoms. The zero-order valence-electron chi connectivity index (χ0n) is 19.0. The van der Waals surface area contributed by atoms with Gasteiger partial charge >= 0.3 is 5.97 Å². The van der Waals surface area contributed by atoms with E-state index in [2.05, 4.69) is 5.10 Å². The number of benzene rings is 2. The molecule has 0 amide bonds. The molecule has 3 aromatic rings. The maximum absolute atomic E-state index is 13.0. The van der Waals surface area contributed by atoms with Gasteiger partial charge in [-0.15, -0.1) is 0 Å². The first kappa shape index (κ1) is 24.9. The molecule has 180 valence electrons. The largest absolute Gasteiger partial charge is 0.494 e. The minimum atomic E-state index is -3.82. The summed E-state index contributed by atoms with van der Waals surface area (Å²) in [5.41, 5.74) is -0.773. The van der Waals surface area contributed by atoms with Gasteiger partial charge in [0.25, 0.3) is 5.43 Å². The van der Waals surface area contributed by atoms with Crippen LogP contribution >= 0.6 is 0 Å². The van der Waals surface area contributed by atoms with E-state index in [1.807, 2.05) is 6.07 Å². The van der Waals surface area contributed by atoms with Crippen molar-refractivity contribution in [3.8, 4) is 17.2 Å². The molecular weight excluding hydrogens is 462 g/mol. The maximum Gasteiger partial charge on any atom is 0.360 e. The highest BCUT2D eigenvalue weighted by atomic mass is 32.2. The second kappa shape index (κ2) is 10.5. The lowest BCUT2D eigenvalue weighted by molar-refractivity contribution is 0.0685. The normalized spacial score (nSPS) is 11.4. The van der Waals surface area contributed by atoms with Gasteiger partial charge in [0, 0.05) is 13.1 Å². The molecule has 0 aliphatic carbocycles. The van der Waals surface area contributed by atoms with Gasteiger partial charge in [-0.05, 0) is 23.8 Å². The summed E-state index contributed by atoms with van der Waals surface area (Å²) in [4.78, 5) is 24.3. The number of carboxylic acids is 1. The van der Waals surface area contributed by atoms with Gasteiger partial charge in [-0.1, -0.05) is 44.2 Å². The fraction of sp³-hybridized carbons (Fsp3) is 0.261. The Balaban J connectivity index is 2.15. The summed E-state index contributed by atoms with van der Waals surface area (Å²) < 4.78 is 39.4. The molecule has 0 bridgehead atoms. The number of carboxylic acid groups (broad SMARTS) is 1. The van der Waals surface area contributed by atoms with Crippen LogP contribution in [0, 0.1) is 0 Å². The van der Waals surface area contributed by atoms with Crippen LogP contribution in [-0.2, 0) is 16.6 Å². The molecule has 11 heteroatoms. The van der Waals surface area contributed by atoms with Crippen LogP contribution in [0.15, 0.2) is 64.4 Å². The van der Waals surface area contributed by atoms with E-state index >= 15 is 0 Å². The van der Waals surface area contributed by atoms with E-state index in [0.717, 1.165) is 10.2 Å². The molecule has 3 rings (SSSR count). The fourth-order valence-electron chi connectivity index (χ4n) is 3.29. The van der Waals surface area contributed by atoms with E-state index in [-0.39, 0.29) is 41.8 Å². The number of hydrogen-bond donors (Lipinski definition) is 1. The minimum absolute atomic E-state index is 0.0205. The Kier molecular flexibility index (Phi) is 7.69. The molecule has 10 nitrogen and oxygen atoms in total. The van der Waals surface area contributed by atoms with Crippen molar-refractivity contribution in [2.45, 2.75) is 25.3 Å². The van der Waals surface area contributed by atoms with Gasteiger partial charge < -0.3 is 14.6 Å². The summed E-state index contributed by atoms with van der Waals surface area (Å²) in [5, 5.41) is 13.4. The zero-order valence-corrected chi connectivity index (χ0v) is 19.8. The van der Waals surface area contributed by atoms with Crippen LogP contribution in [0.5, 0.6) is 11.5 Å². The second-order valence-electron chi connectivity index (χ2n) is 7.12. The lowest BCUT2D eigenvalue weighted by Gasteiger charge is -2.20. The van der Waals surface area contributed by atoms with Crippen molar-refractivity contribution in [2.24, 2.45) is 0 Å². The Morgan fingerprint density at radius 3 is 2.35 bits per heavy atom. The number of methoxy groups -OCH3 is 1. The monoisotopic (exact) mass is 487 g/mol. The summed E-state index contributed by atoms with van der Waals surface area (Å²) >= 11 is 0. The van der Waals surface area contributed by atoms with Gasteiger partial charge in [-0.25, -0.2) is 17.9 Å². The quantitative estimate of drug-likeness (QED) is 0.462. The lowest BCUT2D eigenvalue weighted by Crippen LogP contribution is -2.30. The number of aromatic carboxylic acids is 1. The molecule has 0 fully saturated rings. The highest BCUT2D eigenvalue weighted by molar-refractivity contribution is 7.89. The van der Waals surface area contributed by atoms with Crippen molar-refractivity contribution in [3.05, 3.63) is 76.2 Å². The van der Waals surface area contributed by atoms with Gasteiger partial charge in [0.15, 0.2) is 5.75 Å². The Labute approximate surface area is 197 Å². The summed E-state index contributed by atoms with van der Waals surface area (Å²) in [7, 11) is -2.44. The van der Waals surface area contributed by atoms with Crippen LogP contribution in [0.3, 0.4) is 0 Å². The van der Waals surface area contributed by atoms with E-state index < -0.39 is 27.1 Å². The van der Waals surface area contributed by atoms with E-state index in [1.54, 1.807) is 38.1 Å². The molecular formula is C23H25N3O7S. The average molecular weight is 488 g/mol. The van der Waals surface area contributed by atoms with Crippen LogP contribution in [0.25, 0.3) is 5.69 Å². The first-order chi connectivity index (χ1) is 16.2. The topological polar surface area (TPSA) is 128 Å². The van der Waals surface area contributed by atoms with Gasteiger partial charge in [0.05, 0.1) is 18.2 Å². The van der Waals surface area contributed by atoms with Crippen molar-refractivity contribution in [1.82, 2.24) is 14.1 Å². The number of aromatic nitrogens is 2. The lowest BCUT2D eigenvalue weighted by atomic mass is 10.2. The van der Waals surface area contributed by atoms with Gasteiger partial charge in [-0.3, -0.25) is 4.79 Å². The predicted molar refractivity (Wildman–Crippen MR) is 124 cm³/mol. The number of nitrogens with zero attached hydrogens (tertiary/aromatic N) is 3. The number of rotatable bonds is 10. The Bertz CT molecular complexity index is 1330. The Morgan fingerprint density at radius 1 is 1.09 bits per heavy atom. The number of sulfonamides is 1. The summed E-state index contributed by atoms with van der Waals surface area (Å²) in [6.07, 6.45) is 1.21. The molecule has 0 saturated heterocycles. The molecule has 1 N–H and O–H groups in total. The van der Waals surface area contributed by atoms with Crippen LogP contribution < -0.4 is 14.9 Å². The smallest absolute Gasteiger partial charge is 0.360 e.